The zero-order valence-electron chi connectivity index (χ0n) is 16.0. The van der Waals surface area contributed by atoms with Gasteiger partial charge in [-0.25, -0.2) is 4.39 Å². The number of amides is 2. The van der Waals surface area contributed by atoms with E-state index in [0.717, 1.165) is 5.56 Å². The van der Waals surface area contributed by atoms with Gasteiger partial charge in [0.2, 0.25) is 0 Å². The molecule has 28 heavy (non-hydrogen) atoms. The van der Waals surface area contributed by atoms with Gasteiger partial charge in [0.25, 0.3) is 11.8 Å². The van der Waals surface area contributed by atoms with E-state index in [9.17, 15) is 14.0 Å². The minimum Gasteiger partial charge on any atom is -0.383 e. The van der Waals surface area contributed by atoms with Crippen molar-refractivity contribution in [2.24, 2.45) is 0 Å². The molecule has 2 amide bonds. The molecule has 2 aromatic carbocycles. The molecule has 0 saturated heterocycles. The highest BCUT2D eigenvalue weighted by Crippen LogP contribution is 2.32. The van der Waals surface area contributed by atoms with Crippen molar-refractivity contribution in [1.82, 2.24) is 9.80 Å². The number of hydrogen-bond acceptors (Lipinski definition) is 4. The van der Waals surface area contributed by atoms with E-state index >= 15 is 0 Å². The van der Waals surface area contributed by atoms with E-state index in [0.29, 0.717) is 29.9 Å². The van der Waals surface area contributed by atoms with Gasteiger partial charge in [0.15, 0.2) is 0 Å². The number of halogens is 1. The first kappa shape index (κ1) is 19.8. The van der Waals surface area contributed by atoms with Crippen LogP contribution in [-0.2, 0) is 20.9 Å². The molecule has 0 radical (unpaired) electrons. The first-order valence-electron chi connectivity index (χ1n) is 9.21. The Balaban J connectivity index is 2.04. The molecular formula is C22H23FN2O3. The lowest BCUT2D eigenvalue weighted by Crippen LogP contribution is -2.37. The molecule has 146 valence electrons. The van der Waals surface area contributed by atoms with Crippen LogP contribution in [0.5, 0.6) is 0 Å². The summed E-state index contributed by atoms with van der Waals surface area (Å²) in [6.07, 6.45) is 0. The van der Waals surface area contributed by atoms with E-state index in [1.54, 1.807) is 0 Å². The monoisotopic (exact) mass is 382 g/mol. The number of benzene rings is 2. The fraction of sp³-hybridized carbons (Fsp3) is 0.273. The Labute approximate surface area is 164 Å². The van der Waals surface area contributed by atoms with Crippen LogP contribution in [0.2, 0.25) is 0 Å². The highest BCUT2D eigenvalue weighted by molar-refractivity contribution is 6.35. The fourth-order valence-corrected chi connectivity index (χ4v) is 3.27. The van der Waals surface area contributed by atoms with E-state index in [1.165, 1.54) is 36.3 Å². The number of ether oxygens (including phenoxy) is 1. The lowest BCUT2D eigenvalue weighted by molar-refractivity contribution is -0.138. The van der Waals surface area contributed by atoms with Crippen LogP contribution < -0.4 is 0 Å². The van der Waals surface area contributed by atoms with Crippen LogP contribution in [0.1, 0.15) is 18.1 Å². The van der Waals surface area contributed by atoms with Crippen LogP contribution in [0, 0.1) is 5.82 Å². The van der Waals surface area contributed by atoms with Crippen molar-refractivity contribution >= 4 is 17.4 Å². The Kier molecular flexibility index (Phi) is 6.21. The number of carbonyl (C=O) groups excluding carboxylic acids is 2. The van der Waals surface area contributed by atoms with Crippen molar-refractivity contribution in [1.29, 1.82) is 0 Å². The van der Waals surface area contributed by atoms with Crippen LogP contribution >= 0.6 is 0 Å². The molecule has 0 aromatic heterocycles. The molecule has 6 heteroatoms. The Hall–Kier alpha value is -2.99. The number of likely N-dealkylation sites (N-methyl/N-ethyl adjacent to an activating group) is 1. The predicted molar refractivity (Wildman–Crippen MR) is 104 cm³/mol. The van der Waals surface area contributed by atoms with Crippen LogP contribution in [-0.4, -0.2) is 48.4 Å². The number of carbonyl (C=O) groups is 2. The van der Waals surface area contributed by atoms with Gasteiger partial charge in [-0.2, -0.15) is 0 Å². The number of nitrogens with zero attached hydrogens (tertiary/aromatic N) is 2. The molecule has 0 unspecified atom stereocenters. The Bertz CT molecular complexity index is 878. The van der Waals surface area contributed by atoms with Gasteiger partial charge in [0, 0.05) is 20.2 Å². The maximum Gasteiger partial charge on any atom is 0.277 e. The molecule has 0 bridgehead atoms. The highest BCUT2D eigenvalue weighted by Gasteiger charge is 2.41. The topological polar surface area (TPSA) is 49.9 Å². The third-order valence-electron chi connectivity index (χ3n) is 4.71. The molecular weight excluding hydrogens is 359 g/mol. The first-order chi connectivity index (χ1) is 13.6. The average Bonchev–Trinajstić information content (AvgIpc) is 2.96. The lowest BCUT2D eigenvalue weighted by atomic mass is 10.0. The second kappa shape index (κ2) is 8.80. The Morgan fingerprint density at radius 3 is 2.29 bits per heavy atom. The Morgan fingerprint density at radius 2 is 1.68 bits per heavy atom. The normalized spacial score (nSPS) is 14.2. The molecule has 5 nitrogen and oxygen atoms in total. The number of imide groups is 1. The summed E-state index contributed by atoms with van der Waals surface area (Å²) in [5, 5.41) is 0. The summed E-state index contributed by atoms with van der Waals surface area (Å²) in [6.45, 7) is 3.41. The standard InChI is InChI=1S/C22H23FN2O3/c1-3-24(15-16-7-5-4-6-8-16)20-19(17-9-11-18(23)12-10-17)21(26)25(22(20)27)13-14-28-2/h4-12H,3,13-15H2,1-2H3. The van der Waals surface area contributed by atoms with Crippen LogP contribution in [0.25, 0.3) is 5.57 Å². The summed E-state index contributed by atoms with van der Waals surface area (Å²) >= 11 is 0. The van der Waals surface area contributed by atoms with Crippen molar-refractivity contribution in [3.63, 3.8) is 0 Å². The average molecular weight is 382 g/mol. The molecule has 1 aliphatic rings. The third-order valence-corrected chi connectivity index (χ3v) is 4.71. The molecule has 0 fully saturated rings. The predicted octanol–water partition coefficient (Wildman–Crippen LogP) is 3.07. The summed E-state index contributed by atoms with van der Waals surface area (Å²) in [6, 6.07) is 15.4. The van der Waals surface area contributed by atoms with Gasteiger partial charge in [-0.15, -0.1) is 0 Å². The van der Waals surface area contributed by atoms with Gasteiger partial charge < -0.3 is 9.64 Å². The second-order valence-corrected chi connectivity index (χ2v) is 6.49. The fourth-order valence-electron chi connectivity index (χ4n) is 3.27. The zero-order valence-corrected chi connectivity index (χ0v) is 16.0. The Morgan fingerprint density at radius 1 is 1.00 bits per heavy atom. The molecule has 1 aliphatic heterocycles. The van der Waals surface area contributed by atoms with Crippen LogP contribution in [0.15, 0.2) is 60.3 Å². The number of hydrogen-bond donors (Lipinski definition) is 0. The lowest BCUT2D eigenvalue weighted by Gasteiger charge is -2.25. The van der Waals surface area contributed by atoms with Crippen molar-refractivity contribution in [2.45, 2.75) is 13.5 Å². The molecule has 0 aliphatic carbocycles. The minimum atomic E-state index is -0.393. The van der Waals surface area contributed by atoms with E-state index in [4.69, 9.17) is 4.74 Å². The number of rotatable bonds is 8. The van der Waals surface area contributed by atoms with Gasteiger partial charge in [0.05, 0.1) is 18.7 Å². The summed E-state index contributed by atoms with van der Waals surface area (Å²) in [4.78, 5) is 29.3. The quantitative estimate of drug-likeness (QED) is 0.659. The van der Waals surface area contributed by atoms with Crippen LogP contribution in [0.3, 0.4) is 0 Å². The van der Waals surface area contributed by atoms with Crippen molar-refractivity contribution in [2.75, 3.05) is 26.8 Å². The van der Waals surface area contributed by atoms with Crippen molar-refractivity contribution in [3.8, 4) is 0 Å². The molecule has 0 atom stereocenters. The van der Waals surface area contributed by atoms with E-state index in [1.807, 2.05) is 42.2 Å². The molecule has 3 rings (SSSR count). The zero-order chi connectivity index (χ0) is 20.1. The first-order valence-corrected chi connectivity index (χ1v) is 9.21. The maximum absolute atomic E-state index is 13.4. The maximum atomic E-state index is 13.4. The largest absolute Gasteiger partial charge is 0.383 e. The van der Waals surface area contributed by atoms with E-state index in [2.05, 4.69) is 0 Å². The molecule has 0 saturated carbocycles. The van der Waals surface area contributed by atoms with Gasteiger partial charge in [0.1, 0.15) is 11.5 Å². The third kappa shape index (κ3) is 3.97. The molecule has 1 heterocycles. The summed E-state index contributed by atoms with van der Waals surface area (Å²) in [7, 11) is 1.52. The highest BCUT2D eigenvalue weighted by atomic mass is 19.1. The molecule has 2 aromatic rings. The van der Waals surface area contributed by atoms with Gasteiger partial charge in [-0.3, -0.25) is 14.5 Å². The van der Waals surface area contributed by atoms with Gasteiger partial charge >= 0.3 is 0 Å². The summed E-state index contributed by atoms with van der Waals surface area (Å²) in [5.74, 6) is -1.12. The second-order valence-electron chi connectivity index (χ2n) is 6.49. The number of methoxy groups -OCH3 is 1. The van der Waals surface area contributed by atoms with Crippen LogP contribution in [0.4, 0.5) is 4.39 Å². The van der Waals surface area contributed by atoms with E-state index < -0.39 is 5.82 Å². The summed E-state index contributed by atoms with van der Waals surface area (Å²) in [5.41, 5.74) is 2.21. The van der Waals surface area contributed by atoms with Crippen molar-refractivity contribution in [3.05, 3.63) is 77.2 Å². The van der Waals surface area contributed by atoms with Crippen molar-refractivity contribution < 1.29 is 18.7 Å². The van der Waals surface area contributed by atoms with E-state index in [-0.39, 0.29) is 25.0 Å². The smallest absolute Gasteiger partial charge is 0.277 e. The van der Waals surface area contributed by atoms with Gasteiger partial charge in [-0.1, -0.05) is 42.5 Å². The SMILES string of the molecule is CCN(Cc1ccccc1)C1=C(c2ccc(F)cc2)C(=O)N(CCOC)C1=O. The minimum absolute atomic E-state index is 0.172. The van der Waals surface area contributed by atoms with Gasteiger partial charge in [-0.05, 0) is 30.2 Å². The summed E-state index contributed by atoms with van der Waals surface area (Å²) < 4.78 is 18.4. The molecule has 0 spiro atoms. The molecule has 0 N–H and O–H groups in total.